The highest BCUT2D eigenvalue weighted by molar-refractivity contribution is 5.39. The van der Waals surface area contributed by atoms with Crippen LogP contribution in [0, 0.1) is 0 Å². The van der Waals surface area contributed by atoms with E-state index < -0.39 is 0 Å². The molecule has 1 aliphatic rings. The first kappa shape index (κ1) is 12.2. The molecule has 0 radical (unpaired) electrons. The Labute approximate surface area is 102 Å². The van der Waals surface area contributed by atoms with E-state index in [1.54, 1.807) is 7.11 Å². The number of rotatable bonds is 4. The second-order valence-corrected chi connectivity index (χ2v) is 4.26. The molecule has 4 nitrogen and oxygen atoms in total. The Hall–Kier alpha value is -1.26. The lowest BCUT2D eigenvalue weighted by atomic mass is 10.2. The van der Waals surface area contributed by atoms with E-state index in [4.69, 9.17) is 14.2 Å². The Morgan fingerprint density at radius 1 is 1.29 bits per heavy atom. The minimum Gasteiger partial charge on any atom is -0.493 e. The lowest BCUT2D eigenvalue weighted by Gasteiger charge is -2.28. The van der Waals surface area contributed by atoms with Crippen LogP contribution in [0.25, 0.3) is 0 Å². The summed E-state index contributed by atoms with van der Waals surface area (Å²) in [6.45, 7) is 4.16. The molecule has 4 heteroatoms. The van der Waals surface area contributed by atoms with Crippen LogP contribution in [0.1, 0.15) is 6.92 Å². The Bertz CT molecular complexity index is 356. The zero-order valence-electron chi connectivity index (χ0n) is 10.3. The number of nitrogens with one attached hydrogen (secondary N) is 1. The first-order valence-corrected chi connectivity index (χ1v) is 5.89. The molecule has 2 rings (SSSR count). The molecule has 1 aliphatic heterocycles. The lowest BCUT2D eigenvalue weighted by molar-refractivity contribution is 0.0350. The standard InChI is InChI=1S/C13H19NO3/c1-10-7-16-8-11(14-10)9-17-13-6-4-3-5-12(13)15-2/h3-6,10-11,14H,7-9H2,1-2H3. The van der Waals surface area contributed by atoms with Crippen molar-refractivity contribution in [3.63, 3.8) is 0 Å². The monoisotopic (exact) mass is 237 g/mol. The first-order valence-electron chi connectivity index (χ1n) is 5.89. The third-order valence-electron chi connectivity index (χ3n) is 2.72. The molecular formula is C13H19NO3. The molecule has 0 aliphatic carbocycles. The fraction of sp³-hybridized carbons (Fsp3) is 0.538. The summed E-state index contributed by atoms with van der Waals surface area (Å²) in [5.41, 5.74) is 0. The van der Waals surface area contributed by atoms with Crippen molar-refractivity contribution in [2.45, 2.75) is 19.0 Å². The van der Waals surface area contributed by atoms with Crippen molar-refractivity contribution in [1.82, 2.24) is 5.32 Å². The van der Waals surface area contributed by atoms with Crippen LogP contribution in [-0.2, 0) is 4.74 Å². The minimum absolute atomic E-state index is 0.240. The highest BCUT2D eigenvalue weighted by Gasteiger charge is 2.19. The van der Waals surface area contributed by atoms with Gasteiger partial charge in [0.2, 0.25) is 0 Å². The Morgan fingerprint density at radius 2 is 2.06 bits per heavy atom. The summed E-state index contributed by atoms with van der Waals surface area (Å²) in [4.78, 5) is 0. The third-order valence-corrected chi connectivity index (χ3v) is 2.72. The van der Waals surface area contributed by atoms with E-state index in [1.165, 1.54) is 0 Å². The van der Waals surface area contributed by atoms with Gasteiger partial charge in [0.15, 0.2) is 11.5 Å². The smallest absolute Gasteiger partial charge is 0.161 e. The average molecular weight is 237 g/mol. The average Bonchev–Trinajstić information content (AvgIpc) is 2.37. The van der Waals surface area contributed by atoms with Crippen molar-refractivity contribution in [2.24, 2.45) is 0 Å². The molecule has 0 aromatic heterocycles. The predicted octanol–water partition coefficient (Wildman–Crippen LogP) is 1.45. The van der Waals surface area contributed by atoms with Crippen LogP contribution in [0.2, 0.25) is 0 Å². The van der Waals surface area contributed by atoms with E-state index in [9.17, 15) is 0 Å². The van der Waals surface area contributed by atoms with E-state index in [1.807, 2.05) is 24.3 Å². The zero-order chi connectivity index (χ0) is 12.1. The van der Waals surface area contributed by atoms with Gasteiger partial charge in [0, 0.05) is 6.04 Å². The van der Waals surface area contributed by atoms with Crippen molar-refractivity contribution >= 4 is 0 Å². The van der Waals surface area contributed by atoms with E-state index in [2.05, 4.69) is 12.2 Å². The van der Waals surface area contributed by atoms with Gasteiger partial charge in [-0.1, -0.05) is 12.1 Å². The van der Waals surface area contributed by atoms with Gasteiger partial charge in [-0.3, -0.25) is 0 Å². The van der Waals surface area contributed by atoms with Crippen molar-refractivity contribution in [1.29, 1.82) is 0 Å². The van der Waals surface area contributed by atoms with Crippen LogP contribution in [0.15, 0.2) is 24.3 Å². The fourth-order valence-corrected chi connectivity index (χ4v) is 1.91. The number of methoxy groups -OCH3 is 1. The van der Waals surface area contributed by atoms with Gasteiger partial charge in [-0.05, 0) is 19.1 Å². The summed E-state index contributed by atoms with van der Waals surface area (Å²) < 4.78 is 16.4. The molecule has 0 amide bonds. The molecule has 1 fully saturated rings. The number of para-hydroxylation sites is 2. The second-order valence-electron chi connectivity index (χ2n) is 4.26. The molecule has 2 atom stereocenters. The van der Waals surface area contributed by atoms with E-state index in [-0.39, 0.29) is 6.04 Å². The van der Waals surface area contributed by atoms with Crippen LogP contribution >= 0.6 is 0 Å². The number of morpholine rings is 1. The first-order chi connectivity index (χ1) is 8.29. The second kappa shape index (κ2) is 5.89. The highest BCUT2D eigenvalue weighted by Crippen LogP contribution is 2.25. The van der Waals surface area contributed by atoms with E-state index in [0.29, 0.717) is 19.3 Å². The van der Waals surface area contributed by atoms with Gasteiger partial charge >= 0.3 is 0 Å². The summed E-state index contributed by atoms with van der Waals surface area (Å²) in [7, 11) is 1.65. The highest BCUT2D eigenvalue weighted by atomic mass is 16.5. The van der Waals surface area contributed by atoms with Crippen molar-refractivity contribution in [3.05, 3.63) is 24.3 Å². The van der Waals surface area contributed by atoms with Crippen LogP contribution in [0.4, 0.5) is 0 Å². The molecule has 1 heterocycles. The molecular weight excluding hydrogens is 218 g/mol. The zero-order valence-corrected chi connectivity index (χ0v) is 10.3. The number of ether oxygens (including phenoxy) is 3. The van der Waals surface area contributed by atoms with Gasteiger partial charge in [-0.15, -0.1) is 0 Å². The molecule has 0 bridgehead atoms. The molecule has 0 spiro atoms. The lowest BCUT2D eigenvalue weighted by Crippen LogP contribution is -2.50. The molecule has 2 unspecified atom stereocenters. The number of hydrogen-bond acceptors (Lipinski definition) is 4. The molecule has 1 aromatic rings. The van der Waals surface area contributed by atoms with E-state index in [0.717, 1.165) is 18.1 Å². The summed E-state index contributed by atoms with van der Waals surface area (Å²) in [5.74, 6) is 1.53. The number of hydrogen-bond donors (Lipinski definition) is 1. The van der Waals surface area contributed by atoms with Crippen molar-refractivity contribution < 1.29 is 14.2 Å². The van der Waals surface area contributed by atoms with Crippen molar-refractivity contribution in [2.75, 3.05) is 26.9 Å². The maximum Gasteiger partial charge on any atom is 0.161 e. The van der Waals surface area contributed by atoms with Crippen molar-refractivity contribution in [3.8, 4) is 11.5 Å². The van der Waals surface area contributed by atoms with E-state index >= 15 is 0 Å². The Morgan fingerprint density at radius 3 is 2.76 bits per heavy atom. The SMILES string of the molecule is COc1ccccc1OCC1COCC(C)N1. The van der Waals surface area contributed by atoms with Crippen LogP contribution in [-0.4, -0.2) is 39.0 Å². The van der Waals surface area contributed by atoms with Gasteiger partial charge in [-0.2, -0.15) is 0 Å². The van der Waals surface area contributed by atoms with Crippen LogP contribution in [0.5, 0.6) is 11.5 Å². The predicted molar refractivity (Wildman–Crippen MR) is 65.7 cm³/mol. The topological polar surface area (TPSA) is 39.7 Å². The normalized spacial score (nSPS) is 24.4. The maximum atomic E-state index is 5.75. The third kappa shape index (κ3) is 3.35. The van der Waals surface area contributed by atoms with Gasteiger partial charge in [0.25, 0.3) is 0 Å². The molecule has 0 saturated carbocycles. The number of benzene rings is 1. The Balaban J connectivity index is 1.88. The summed E-state index contributed by atoms with van der Waals surface area (Å²) >= 11 is 0. The summed E-state index contributed by atoms with van der Waals surface area (Å²) in [6, 6.07) is 8.29. The molecule has 17 heavy (non-hydrogen) atoms. The molecule has 1 aromatic carbocycles. The van der Waals surface area contributed by atoms with Gasteiger partial charge < -0.3 is 19.5 Å². The minimum atomic E-state index is 0.240. The molecule has 1 saturated heterocycles. The molecule has 1 N–H and O–H groups in total. The molecule has 94 valence electrons. The van der Waals surface area contributed by atoms with Crippen LogP contribution < -0.4 is 14.8 Å². The largest absolute Gasteiger partial charge is 0.493 e. The van der Waals surface area contributed by atoms with Gasteiger partial charge in [-0.25, -0.2) is 0 Å². The van der Waals surface area contributed by atoms with Gasteiger partial charge in [0.1, 0.15) is 6.61 Å². The quantitative estimate of drug-likeness (QED) is 0.860. The van der Waals surface area contributed by atoms with Gasteiger partial charge in [0.05, 0.1) is 26.4 Å². The summed E-state index contributed by atoms with van der Waals surface area (Å²) in [6.07, 6.45) is 0. The summed E-state index contributed by atoms with van der Waals surface area (Å²) in [5, 5.41) is 3.43. The maximum absolute atomic E-state index is 5.75. The van der Waals surface area contributed by atoms with Crippen LogP contribution in [0.3, 0.4) is 0 Å². The Kier molecular flexibility index (Phi) is 4.23. The fourth-order valence-electron chi connectivity index (χ4n) is 1.91.